The van der Waals surface area contributed by atoms with Gasteiger partial charge in [0, 0.05) is 18.8 Å². The zero-order valence-corrected chi connectivity index (χ0v) is 13.1. The van der Waals surface area contributed by atoms with E-state index < -0.39 is 11.7 Å². The average Bonchev–Trinajstić information content (AvgIpc) is 2.86. The van der Waals surface area contributed by atoms with Crippen molar-refractivity contribution >= 4 is 22.9 Å². The van der Waals surface area contributed by atoms with Gasteiger partial charge in [-0.25, -0.2) is 4.98 Å². The van der Waals surface area contributed by atoms with Crippen LogP contribution < -0.4 is 11.1 Å². The summed E-state index contributed by atoms with van der Waals surface area (Å²) < 4.78 is 39.2. The standard InChI is InChI=1S/C16H14F3N5O/c1-24-13-5-2-9(6-12(13)23-15(24)20)14(25)22-8-11-4-3-10(7-21-11)16(17,18)19/h2-7H,8H2,1H3,(H2,20,23)(H,22,25). The lowest BCUT2D eigenvalue weighted by Gasteiger charge is -2.08. The minimum Gasteiger partial charge on any atom is -0.369 e. The summed E-state index contributed by atoms with van der Waals surface area (Å²) >= 11 is 0. The normalized spacial score (nSPS) is 11.7. The number of hydrogen-bond donors (Lipinski definition) is 2. The van der Waals surface area contributed by atoms with Crippen LogP contribution in [-0.2, 0) is 19.8 Å². The highest BCUT2D eigenvalue weighted by atomic mass is 19.4. The summed E-state index contributed by atoms with van der Waals surface area (Å²) in [6.45, 7) is 0.0133. The molecule has 3 N–H and O–H groups in total. The highest BCUT2D eigenvalue weighted by Gasteiger charge is 2.30. The summed E-state index contributed by atoms with van der Waals surface area (Å²) in [4.78, 5) is 20.1. The highest BCUT2D eigenvalue weighted by molar-refractivity contribution is 5.97. The molecule has 0 radical (unpaired) electrons. The molecule has 25 heavy (non-hydrogen) atoms. The molecule has 0 atom stereocenters. The van der Waals surface area contributed by atoms with Gasteiger partial charge >= 0.3 is 6.18 Å². The van der Waals surface area contributed by atoms with Crippen molar-refractivity contribution in [3.05, 3.63) is 53.3 Å². The number of carbonyl (C=O) groups excluding carboxylic acids is 1. The molecular weight excluding hydrogens is 335 g/mol. The molecular formula is C16H14F3N5O. The van der Waals surface area contributed by atoms with E-state index in [0.29, 0.717) is 22.7 Å². The average molecular weight is 349 g/mol. The van der Waals surface area contributed by atoms with Crippen molar-refractivity contribution in [1.29, 1.82) is 0 Å². The number of nitrogens with one attached hydrogen (secondary N) is 1. The number of anilines is 1. The van der Waals surface area contributed by atoms with E-state index in [-0.39, 0.29) is 12.5 Å². The quantitative estimate of drug-likeness (QED) is 0.761. The first kappa shape index (κ1) is 16.7. The predicted octanol–water partition coefficient (Wildman–Crippen LogP) is 2.50. The zero-order valence-electron chi connectivity index (χ0n) is 13.1. The molecule has 3 aromatic rings. The van der Waals surface area contributed by atoms with Gasteiger partial charge in [0.25, 0.3) is 5.91 Å². The molecule has 0 unspecified atom stereocenters. The molecule has 2 aromatic heterocycles. The van der Waals surface area contributed by atoms with Crippen molar-refractivity contribution in [2.75, 3.05) is 5.73 Å². The first-order valence-corrected chi connectivity index (χ1v) is 7.28. The second-order valence-electron chi connectivity index (χ2n) is 5.45. The monoisotopic (exact) mass is 349 g/mol. The fraction of sp³-hybridized carbons (Fsp3) is 0.188. The van der Waals surface area contributed by atoms with Crippen LogP contribution in [0.3, 0.4) is 0 Å². The Morgan fingerprint density at radius 3 is 2.68 bits per heavy atom. The number of aromatic nitrogens is 3. The number of fused-ring (bicyclic) bond motifs is 1. The Bertz CT molecular complexity index is 931. The lowest BCUT2D eigenvalue weighted by molar-refractivity contribution is -0.137. The van der Waals surface area contributed by atoms with Gasteiger partial charge in [0.05, 0.1) is 28.8 Å². The van der Waals surface area contributed by atoms with Crippen LogP contribution in [0.15, 0.2) is 36.5 Å². The fourth-order valence-corrected chi connectivity index (χ4v) is 2.33. The lowest BCUT2D eigenvalue weighted by Crippen LogP contribution is -2.23. The maximum Gasteiger partial charge on any atom is 0.417 e. The summed E-state index contributed by atoms with van der Waals surface area (Å²) in [6.07, 6.45) is -3.70. The number of halogens is 3. The minimum atomic E-state index is -4.44. The first-order chi connectivity index (χ1) is 11.8. The molecule has 0 fully saturated rings. The van der Waals surface area contributed by atoms with E-state index in [1.165, 1.54) is 6.07 Å². The van der Waals surface area contributed by atoms with E-state index >= 15 is 0 Å². The Morgan fingerprint density at radius 1 is 1.28 bits per heavy atom. The number of rotatable bonds is 3. The summed E-state index contributed by atoms with van der Waals surface area (Å²) in [5.41, 5.74) is 6.96. The molecule has 3 rings (SSSR count). The van der Waals surface area contributed by atoms with Crippen molar-refractivity contribution in [3.63, 3.8) is 0 Å². The van der Waals surface area contributed by atoms with Gasteiger partial charge in [0.15, 0.2) is 0 Å². The van der Waals surface area contributed by atoms with Crippen LogP contribution in [0.5, 0.6) is 0 Å². The Morgan fingerprint density at radius 2 is 2.04 bits per heavy atom. The maximum absolute atomic E-state index is 12.5. The van der Waals surface area contributed by atoms with Crippen molar-refractivity contribution < 1.29 is 18.0 Å². The van der Waals surface area contributed by atoms with Gasteiger partial charge in [-0.05, 0) is 30.3 Å². The van der Waals surface area contributed by atoms with E-state index in [9.17, 15) is 18.0 Å². The van der Waals surface area contributed by atoms with E-state index in [1.807, 2.05) is 0 Å². The van der Waals surface area contributed by atoms with E-state index in [0.717, 1.165) is 17.8 Å². The molecule has 0 aliphatic rings. The minimum absolute atomic E-state index is 0.0133. The van der Waals surface area contributed by atoms with Crippen molar-refractivity contribution in [3.8, 4) is 0 Å². The van der Waals surface area contributed by atoms with Gasteiger partial charge in [0.2, 0.25) is 5.95 Å². The molecule has 6 nitrogen and oxygen atoms in total. The first-order valence-electron chi connectivity index (χ1n) is 7.28. The fourth-order valence-electron chi connectivity index (χ4n) is 2.33. The van der Waals surface area contributed by atoms with Crippen LogP contribution in [0.2, 0.25) is 0 Å². The molecule has 0 spiro atoms. The molecule has 0 aliphatic heterocycles. The highest BCUT2D eigenvalue weighted by Crippen LogP contribution is 2.28. The topological polar surface area (TPSA) is 85.8 Å². The third-order valence-corrected chi connectivity index (χ3v) is 3.76. The molecule has 9 heteroatoms. The van der Waals surface area contributed by atoms with Crippen molar-refractivity contribution in [1.82, 2.24) is 19.9 Å². The molecule has 0 saturated heterocycles. The third-order valence-electron chi connectivity index (χ3n) is 3.76. The second kappa shape index (κ2) is 6.08. The largest absolute Gasteiger partial charge is 0.417 e. The Labute approximate surface area is 140 Å². The molecule has 1 amide bonds. The van der Waals surface area contributed by atoms with Gasteiger partial charge in [-0.15, -0.1) is 0 Å². The van der Waals surface area contributed by atoms with Crippen LogP contribution in [-0.4, -0.2) is 20.4 Å². The van der Waals surface area contributed by atoms with Gasteiger partial charge in [-0.2, -0.15) is 13.2 Å². The number of alkyl halides is 3. The van der Waals surface area contributed by atoms with Crippen LogP contribution in [0.4, 0.5) is 19.1 Å². The number of nitrogen functional groups attached to an aromatic ring is 1. The van der Waals surface area contributed by atoms with Gasteiger partial charge in [0.1, 0.15) is 0 Å². The maximum atomic E-state index is 12.5. The number of imidazole rings is 1. The number of benzene rings is 1. The summed E-state index contributed by atoms with van der Waals surface area (Å²) in [5.74, 6) is -0.0469. The molecule has 2 heterocycles. The molecule has 0 bridgehead atoms. The van der Waals surface area contributed by atoms with E-state index in [2.05, 4.69) is 15.3 Å². The van der Waals surface area contributed by atoms with Crippen molar-refractivity contribution in [2.24, 2.45) is 7.05 Å². The number of aryl methyl sites for hydroxylation is 1. The zero-order chi connectivity index (χ0) is 18.2. The van der Waals surface area contributed by atoms with Crippen molar-refractivity contribution in [2.45, 2.75) is 12.7 Å². The molecule has 130 valence electrons. The number of nitrogens with zero attached hydrogens (tertiary/aromatic N) is 3. The van der Waals surface area contributed by atoms with Gasteiger partial charge in [-0.3, -0.25) is 9.78 Å². The number of carbonyl (C=O) groups is 1. The summed E-state index contributed by atoms with van der Waals surface area (Å²) in [7, 11) is 1.76. The summed E-state index contributed by atoms with van der Waals surface area (Å²) in [6, 6.07) is 7.10. The van der Waals surface area contributed by atoms with Crippen LogP contribution in [0, 0.1) is 0 Å². The van der Waals surface area contributed by atoms with Crippen LogP contribution >= 0.6 is 0 Å². The smallest absolute Gasteiger partial charge is 0.369 e. The molecule has 1 aromatic carbocycles. The van der Waals surface area contributed by atoms with Crippen LogP contribution in [0.25, 0.3) is 11.0 Å². The van der Waals surface area contributed by atoms with Gasteiger partial charge in [-0.1, -0.05) is 0 Å². The second-order valence-corrected chi connectivity index (χ2v) is 5.45. The summed E-state index contributed by atoms with van der Waals surface area (Å²) in [5, 5.41) is 2.61. The number of nitrogens with two attached hydrogens (primary N) is 1. The van der Waals surface area contributed by atoms with Gasteiger partial charge < -0.3 is 15.6 Å². The third kappa shape index (κ3) is 3.39. The van der Waals surface area contributed by atoms with Crippen LogP contribution in [0.1, 0.15) is 21.6 Å². The molecule has 0 aliphatic carbocycles. The Hall–Kier alpha value is -3.10. The Kier molecular flexibility index (Phi) is 4.07. The number of pyridine rings is 1. The number of amides is 1. The van der Waals surface area contributed by atoms with E-state index in [1.54, 1.807) is 29.8 Å². The lowest BCUT2D eigenvalue weighted by atomic mass is 10.2. The Balaban J connectivity index is 1.70. The molecule has 0 saturated carbocycles. The number of hydrogen-bond acceptors (Lipinski definition) is 4. The van der Waals surface area contributed by atoms with E-state index in [4.69, 9.17) is 5.73 Å². The predicted molar refractivity (Wildman–Crippen MR) is 85.5 cm³/mol. The SMILES string of the molecule is Cn1c(N)nc2cc(C(=O)NCc3ccc(C(F)(F)F)cn3)ccc21.